The smallest absolute Gasteiger partial charge is 0.407 e. The van der Waals surface area contributed by atoms with Crippen molar-refractivity contribution in [2.75, 3.05) is 12.6 Å². The van der Waals surface area contributed by atoms with Crippen molar-refractivity contribution in [1.82, 2.24) is 20.6 Å². The molecule has 210 valence electrons. The number of amides is 2. The van der Waals surface area contributed by atoms with Crippen LogP contribution in [0.5, 0.6) is 0 Å². The number of aromatic nitrogens is 2. The average molecular weight is 602 g/mol. The van der Waals surface area contributed by atoms with Crippen LogP contribution < -0.4 is 16.1 Å². The van der Waals surface area contributed by atoms with Gasteiger partial charge in [0.25, 0.3) is 11.0 Å². The van der Waals surface area contributed by atoms with E-state index in [0.717, 1.165) is 26.8 Å². The van der Waals surface area contributed by atoms with Crippen molar-refractivity contribution in [1.29, 1.82) is 0 Å². The maximum Gasteiger partial charge on any atom is 0.407 e. The summed E-state index contributed by atoms with van der Waals surface area (Å²) in [5.74, 6) is -0.399. The van der Waals surface area contributed by atoms with Crippen molar-refractivity contribution >= 4 is 51.3 Å². The first-order valence-corrected chi connectivity index (χ1v) is 14.9. The molecule has 2 heterocycles. The lowest BCUT2D eigenvalue weighted by Crippen LogP contribution is -2.49. The first-order chi connectivity index (χ1) is 19.3. The molecule has 0 saturated heterocycles. The van der Waals surface area contributed by atoms with Crippen LogP contribution in [-0.4, -0.2) is 43.5 Å². The number of nitrogens with one attached hydrogen (secondary N) is 3. The normalized spacial score (nSPS) is 12.5. The van der Waals surface area contributed by atoms with E-state index in [1.54, 1.807) is 24.3 Å². The molecule has 2 amide bonds. The molecule has 0 aliphatic rings. The highest BCUT2D eigenvalue weighted by Gasteiger charge is 2.26. The Morgan fingerprint density at radius 1 is 0.925 bits per heavy atom. The predicted molar refractivity (Wildman–Crippen MR) is 153 cm³/mol. The maximum atomic E-state index is 13.6. The van der Waals surface area contributed by atoms with E-state index < -0.39 is 35.1 Å². The number of methoxy groups -OCH3 is 1. The molecular formula is C26H27N5O6S3. The molecule has 2 aromatic carbocycles. The number of hydrogen-bond acceptors (Lipinski definition) is 11. The number of ether oxygens (including phenoxy) is 1. The van der Waals surface area contributed by atoms with Gasteiger partial charge in [-0.3, -0.25) is 4.79 Å². The highest BCUT2D eigenvalue weighted by molar-refractivity contribution is 7.67. The predicted octanol–water partition coefficient (Wildman–Crippen LogP) is 3.81. The van der Waals surface area contributed by atoms with Crippen molar-refractivity contribution in [2.45, 2.75) is 31.8 Å². The Balaban J connectivity index is 1.58. The van der Waals surface area contributed by atoms with Gasteiger partial charge in [-0.15, -0.1) is 22.7 Å². The second kappa shape index (κ2) is 14.0. The molecule has 0 bridgehead atoms. The zero-order valence-corrected chi connectivity index (χ0v) is 24.1. The minimum Gasteiger partial charge on any atom is -0.453 e. The van der Waals surface area contributed by atoms with E-state index in [0.29, 0.717) is 17.8 Å². The highest BCUT2D eigenvalue weighted by atomic mass is 32.2. The summed E-state index contributed by atoms with van der Waals surface area (Å²) < 4.78 is 30.5. The largest absolute Gasteiger partial charge is 0.453 e. The van der Waals surface area contributed by atoms with E-state index in [-0.39, 0.29) is 6.42 Å². The Kier molecular flexibility index (Phi) is 10.2. The van der Waals surface area contributed by atoms with Crippen LogP contribution in [-0.2, 0) is 37.6 Å². The third kappa shape index (κ3) is 8.32. The van der Waals surface area contributed by atoms with E-state index in [1.807, 2.05) is 48.0 Å². The summed E-state index contributed by atoms with van der Waals surface area (Å²) in [6, 6.07) is 14.8. The zero-order valence-electron chi connectivity index (χ0n) is 21.5. The van der Waals surface area contributed by atoms with E-state index in [1.165, 1.54) is 29.8 Å². The van der Waals surface area contributed by atoms with Crippen molar-refractivity contribution in [3.8, 4) is 10.7 Å². The minimum atomic E-state index is -3.04. The lowest BCUT2D eigenvalue weighted by molar-refractivity contribution is -0.123. The van der Waals surface area contributed by atoms with E-state index in [4.69, 9.17) is 9.72 Å². The Bertz CT molecular complexity index is 1500. The molecule has 2 aromatic heterocycles. The van der Waals surface area contributed by atoms with Crippen LogP contribution in [0.2, 0.25) is 0 Å². The summed E-state index contributed by atoms with van der Waals surface area (Å²) >= 11 is 2.96. The summed E-state index contributed by atoms with van der Waals surface area (Å²) in [7, 11) is -1.80. The fraction of sp³-hybridized carbons (Fsp3) is 0.231. The first kappa shape index (κ1) is 29.1. The van der Waals surface area contributed by atoms with Gasteiger partial charge in [0, 0.05) is 17.2 Å². The lowest BCUT2D eigenvalue weighted by atomic mass is 10.0. The van der Waals surface area contributed by atoms with Gasteiger partial charge >= 0.3 is 6.09 Å². The van der Waals surface area contributed by atoms with Gasteiger partial charge in [-0.2, -0.15) is 4.28 Å². The Morgan fingerprint density at radius 3 is 2.30 bits per heavy atom. The Labute approximate surface area is 240 Å². The molecule has 4 aromatic rings. The third-order valence-corrected chi connectivity index (χ3v) is 7.64. The number of carbonyl (C=O) groups excluding carboxylic acids is 2. The van der Waals surface area contributed by atoms with Crippen LogP contribution in [0.15, 0.2) is 65.4 Å². The number of aryl methyl sites for hydroxylation is 1. The van der Waals surface area contributed by atoms with Crippen LogP contribution in [0.4, 0.5) is 10.5 Å². The number of anilines is 1. The van der Waals surface area contributed by atoms with Crippen LogP contribution in [0.1, 0.15) is 27.9 Å². The van der Waals surface area contributed by atoms with Crippen molar-refractivity contribution in [3.63, 3.8) is 0 Å². The molecule has 40 heavy (non-hydrogen) atoms. The molecule has 14 heteroatoms. The lowest BCUT2D eigenvalue weighted by Gasteiger charge is -2.23. The van der Waals surface area contributed by atoms with E-state index >= 15 is 0 Å². The van der Waals surface area contributed by atoms with Gasteiger partial charge in [0.2, 0.25) is 5.91 Å². The number of benzene rings is 2. The number of thiazole rings is 2. The summed E-state index contributed by atoms with van der Waals surface area (Å²) in [5, 5.41) is 11.2. The second-order valence-corrected chi connectivity index (χ2v) is 11.1. The van der Waals surface area contributed by atoms with Gasteiger partial charge in [0.1, 0.15) is 16.7 Å². The molecule has 0 fully saturated rings. The molecule has 11 nitrogen and oxygen atoms in total. The molecule has 2 atom stereocenters. The number of hydrogen-bond donors (Lipinski definition) is 4. The topological polar surface area (TPSA) is 149 Å². The van der Waals surface area contributed by atoms with Gasteiger partial charge in [-0.1, -0.05) is 42.5 Å². The fourth-order valence-electron chi connectivity index (χ4n) is 3.82. The molecule has 0 saturated carbocycles. The summed E-state index contributed by atoms with van der Waals surface area (Å²) in [6.45, 7) is 1.92. The van der Waals surface area contributed by atoms with Gasteiger partial charge in [-0.25, -0.2) is 28.7 Å². The van der Waals surface area contributed by atoms with Crippen molar-refractivity contribution in [3.05, 3.63) is 87.2 Å². The SMILES string of the molecule is COC(=O)N[C@@H](Cc1ccccc1)C(=O)N[C@@H](Cc1ccc(NO[SH](=O)=O)cc1)c1csc(-c2csc(C)n2)n1. The zero-order chi connectivity index (χ0) is 28.5. The third-order valence-electron chi connectivity index (χ3n) is 5.74. The van der Waals surface area contributed by atoms with Crippen LogP contribution in [0.25, 0.3) is 10.7 Å². The highest BCUT2D eigenvalue weighted by Crippen LogP contribution is 2.29. The average Bonchev–Trinajstić information content (AvgIpc) is 3.61. The molecule has 4 rings (SSSR count). The number of carbonyl (C=O) groups is 2. The number of alkyl carbamates (subject to hydrolysis) is 1. The monoisotopic (exact) mass is 601 g/mol. The van der Waals surface area contributed by atoms with Crippen molar-refractivity contribution < 1.29 is 27.0 Å². The maximum absolute atomic E-state index is 13.6. The Morgan fingerprint density at radius 2 is 1.65 bits per heavy atom. The van der Waals surface area contributed by atoms with Crippen LogP contribution >= 0.6 is 22.7 Å². The first-order valence-electron chi connectivity index (χ1n) is 12.0. The van der Waals surface area contributed by atoms with Gasteiger partial charge in [0.05, 0.1) is 29.5 Å². The summed E-state index contributed by atoms with van der Waals surface area (Å²) in [6.07, 6.45) is -0.0808. The van der Waals surface area contributed by atoms with E-state index in [9.17, 15) is 18.0 Å². The second-order valence-electron chi connectivity index (χ2n) is 8.59. The quantitative estimate of drug-likeness (QED) is 0.140. The van der Waals surface area contributed by atoms with Crippen LogP contribution in [0, 0.1) is 6.92 Å². The van der Waals surface area contributed by atoms with Gasteiger partial charge < -0.3 is 15.4 Å². The molecule has 0 aliphatic heterocycles. The number of nitrogens with zero attached hydrogens (tertiary/aromatic N) is 2. The molecule has 0 unspecified atom stereocenters. The molecule has 0 radical (unpaired) electrons. The van der Waals surface area contributed by atoms with Gasteiger partial charge in [-0.05, 0) is 36.6 Å². The Hall–Kier alpha value is -3.85. The molecule has 3 N–H and O–H groups in total. The van der Waals surface area contributed by atoms with Gasteiger partial charge in [0.15, 0.2) is 0 Å². The summed E-state index contributed by atoms with van der Waals surface area (Å²) in [4.78, 5) is 34.9. The van der Waals surface area contributed by atoms with Crippen LogP contribution in [0.3, 0.4) is 0 Å². The van der Waals surface area contributed by atoms with Crippen molar-refractivity contribution in [2.24, 2.45) is 0 Å². The fourth-order valence-corrected chi connectivity index (χ4v) is 5.51. The number of thiol groups is 1. The summed E-state index contributed by atoms with van der Waals surface area (Å²) in [5.41, 5.74) is 5.92. The minimum absolute atomic E-state index is 0.261. The number of rotatable bonds is 12. The molecule has 0 spiro atoms. The molecular weight excluding hydrogens is 575 g/mol. The van der Waals surface area contributed by atoms with E-state index in [2.05, 4.69) is 25.4 Å². The molecule has 0 aliphatic carbocycles. The standard InChI is InChI=1S/C26H27N5O6S3/c1-16-27-23(15-38-16)25-29-22(14-39-25)20(12-18-8-10-19(11-9-18)31-37-40(34)35)28-24(32)21(30-26(33)36-2)13-17-6-4-3-5-7-17/h3-11,14-15,20-21,31,40H,12-13H2,1-2H3,(H,28,32)(H,30,33)/t20-,21-/m0/s1.